The fraction of sp³-hybridized carbons (Fsp3) is 0.222. The average Bonchev–Trinajstić information content (AvgIpc) is 2.57. The van der Waals surface area contributed by atoms with Crippen molar-refractivity contribution in [3.05, 3.63) is 61.5 Å². The predicted octanol–water partition coefficient (Wildman–Crippen LogP) is 4.97. The molecule has 2 unspecified atom stereocenters. The standard InChI is InChI=1S/C18H14Cl4N2O3/c19-8-4-12(22)17-13(5-8)23-15(18(26)27)7-14(17)24-16(25)6-9-10(20)2-1-3-11(9)21/h1-5,14-15,23H,6-7H2,(H,24,25)(H,26,27). The summed E-state index contributed by atoms with van der Waals surface area (Å²) in [7, 11) is 0. The van der Waals surface area contributed by atoms with Gasteiger partial charge < -0.3 is 15.7 Å². The van der Waals surface area contributed by atoms with E-state index < -0.39 is 18.1 Å². The Morgan fingerprint density at radius 1 is 1.11 bits per heavy atom. The summed E-state index contributed by atoms with van der Waals surface area (Å²) < 4.78 is 0. The van der Waals surface area contributed by atoms with Crippen LogP contribution in [-0.4, -0.2) is 23.0 Å². The maximum absolute atomic E-state index is 12.6. The minimum absolute atomic E-state index is 0.0410. The summed E-state index contributed by atoms with van der Waals surface area (Å²) in [5.74, 6) is -1.39. The lowest BCUT2D eigenvalue weighted by Gasteiger charge is -2.32. The lowest BCUT2D eigenvalue weighted by molar-refractivity contribution is -0.138. The number of hydrogen-bond acceptors (Lipinski definition) is 3. The van der Waals surface area contributed by atoms with Crippen LogP contribution in [0.4, 0.5) is 5.69 Å². The molecule has 0 fully saturated rings. The van der Waals surface area contributed by atoms with Crippen LogP contribution in [0.2, 0.25) is 20.1 Å². The van der Waals surface area contributed by atoms with Crippen LogP contribution in [0.25, 0.3) is 0 Å². The minimum Gasteiger partial charge on any atom is -0.480 e. The van der Waals surface area contributed by atoms with E-state index in [4.69, 9.17) is 46.4 Å². The summed E-state index contributed by atoms with van der Waals surface area (Å²) in [5.41, 5.74) is 1.58. The first kappa shape index (κ1) is 20.1. The van der Waals surface area contributed by atoms with Crippen molar-refractivity contribution in [2.75, 3.05) is 5.32 Å². The Labute approximate surface area is 175 Å². The molecule has 1 aliphatic rings. The highest BCUT2D eigenvalue weighted by Gasteiger charge is 2.33. The minimum atomic E-state index is -1.04. The van der Waals surface area contributed by atoms with Gasteiger partial charge in [0.1, 0.15) is 6.04 Å². The molecule has 3 N–H and O–H groups in total. The van der Waals surface area contributed by atoms with Gasteiger partial charge in [0.05, 0.1) is 12.5 Å². The van der Waals surface area contributed by atoms with Crippen LogP contribution in [0.5, 0.6) is 0 Å². The van der Waals surface area contributed by atoms with Gasteiger partial charge in [0, 0.05) is 37.8 Å². The van der Waals surface area contributed by atoms with Gasteiger partial charge in [-0.05, 0) is 29.8 Å². The first-order valence-corrected chi connectivity index (χ1v) is 9.48. The lowest BCUT2D eigenvalue weighted by atomic mass is 9.92. The van der Waals surface area contributed by atoms with Crippen molar-refractivity contribution in [1.82, 2.24) is 5.32 Å². The summed E-state index contributed by atoms with van der Waals surface area (Å²) in [4.78, 5) is 24.1. The summed E-state index contributed by atoms with van der Waals surface area (Å²) in [5, 5.41) is 16.6. The molecule has 2 aromatic carbocycles. The maximum atomic E-state index is 12.6. The summed E-state index contributed by atoms with van der Waals surface area (Å²) in [6.07, 6.45) is 0.0897. The maximum Gasteiger partial charge on any atom is 0.326 e. The summed E-state index contributed by atoms with van der Waals surface area (Å²) in [6, 6.07) is 6.64. The van der Waals surface area contributed by atoms with Gasteiger partial charge in [-0.25, -0.2) is 4.79 Å². The van der Waals surface area contributed by atoms with Crippen molar-refractivity contribution in [2.24, 2.45) is 0 Å². The number of carboxylic acids is 1. The third-order valence-electron chi connectivity index (χ3n) is 4.28. The van der Waals surface area contributed by atoms with Crippen LogP contribution in [0, 0.1) is 0 Å². The largest absolute Gasteiger partial charge is 0.480 e. The molecule has 142 valence electrons. The Balaban J connectivity index is 1.87. The smallest absolute Gasteiger partial charge is 0.326 e. The second-order valence-corrected chi connectivity index (χ2v) is 7.77. The van der Waals surface area contributed by atoms with E-state index in [0.29, 0.717) is 36.9 Å². The highest BCUT2D eigenvalue weighted by atomic mass is 35.5. The van der Waals surface area contributed by atoms with E-state index in [9.17, 15) is 14.7 Å². The Kier molecular flexibility index (Phi) is 6.06. The molecule has 1 aliphatic heterocycles. The van der Waals surface area contributed by atoms with E-state index in [2.05, 4.69) is 10.6 Å². The van der Waals surface area contributed by atoms with E-state index in [1.54, 1.807) is 30.3 Å². The van der Waals surface area contributed by atoms with E-state index in [1.807, 2.05) is 0 Å². The zero-order valence-corrected chi connectivity index (χ0v) is 16.8. The number of carboxylic acid groups (broad SMARTS) is 1. The zero-order chi connectivity index (χ0) is 19.7. The van der Waals surface area contributed by atoms with Crippen LogP contribution in [0.1, 0.15) is 23.6 Å². The van der Waals surface area contributed by atoms with Crippen LogP contribution < -0.4 is 10.6 Å². The monoisotopic (exact) mass is 446 g/mol. The van der Waals surface area contributed by atoms with Crippen molar-refractivity contribution in [2.45, 2.75) is 24.9 Å². The van der Waals surface area contributed by atoms with Crippen LogP contribution in [0.3, 0.4) is 0 Å². The molecular weight excluding hydrogens is 434 g/mol. The molecular formula is C18H14Cl4N2O3. The topological polar surface area (TPSA) is 78.4 Å². The average molecular weight is 448 g/mol. The number of carbonyl (C=O) groups is 2. The molecule has 1 amide bonds. The molecule has 27 heavy (non-hydrogen) atoms. The van der Waals surface area contributed by atoms with Gasteiger partial charge in [-0.15, -0.1) is 0 Å². The molecule has 0 saturated heterocycles. The third kappa shape index (κ3) is 4.43. The quantitative estimate of drug-likeness (QED) is 0.618. The van der Waals surface area contributed by atoms with Crippen molar-refractivity contribution in [3.63, 3.8) is 0 Å². The number of amides is 1. The first-order chi connectivity index (χ1) is 12.8. The second-order valence-electron chi connectivity index (χ2n) is 6.12. The third-order valence-corrected chi connectivity index (χ3v) is 5.52. The van der Waals surface area contributed by atoms with Crippen molar-refractivity contribution < 1.29 is 14.7 Å². The van der Waals surface area contributed by atoms with Gasteiger partial charge in [-0.2, -0.15) is 0 Å². The molecule has 5 nitrogen and oxygen atoms in total. The highest BCUT2D eigenvalue weighted by molar-refractivity contribution is 6.36. The number of nitrogens with one attached hydrogen (secondary N) is 2. The van der Waals surface area contributed by atoms with Gasteiger partial charge in [0.25, 0.3) is 0 Å². The fourth-order valence-corrected chi connectivity index (χ4v) is 4.22. The van der Waals surface area contributed by atoms with Crippen molar-refractivity contribution in [3.8, 4) is 0 Å². The molecule has 9 heteroatoms. The Morgan fingerprint density at radius 2 is 1.78 bits per heavy atom. The molecule has 0 spiro atoms. The Morgan fingerprint density at radius 3 is 2.41 bits per heavy atom. The van der Waals surface area contributed by atoms with Gasteiger partial charge in [-0.1, -0.05) is 52.5 Å². The number of anilines is 1. The molecule has 0 bridgehead atoms. The number of hydrogen-bond donors (Lipinski definition) is 3. The Bertz CT molecular complexity index is 899. The van der Waals surface area contributed by atoms with Gasteiger partial charge in [-0.3, -0.25) is 4.79 Å². The second kappa shape index (κ2) is 8.15. The van der Waals surface area contributed by atoms with Gasteiger partial charge >= 0.3 is 5.97 Å². The Hall–Kier alpha value is -1.66. The number of fused-ring (bicyclic) bond motifs is 1. The van der Waals surface area contributed by atoms with Crippen LogP contribution >= 0.6 is 46.4 Å². The van der Waals surface area contributed by atoms with Crippen molar-refractivity contribution >= 4 is 64.0 Å². The SMILES string of the molecule is O=C(Cc1c(Cl)cccc1Cl)NC1CC(C(=O)O)Nc2cc(Cl)cc(Cl)c21. The zero-order valence-electron chi connectivity index (χ0n) is 13.7. The molecule has 2 atom stereocenters. The molecule has 0 aliphatic carbocycles. The number of rotatable bonds is 4. The lowest BCUT2D eigenvalue weighted by Crippen LogP contribution is -2.41. The number of carbonyl (C=O) groups excluding carboxylic acids is 1. The normalized spacial score (nSPS) is 18.4. The first-order valence-electron chi connectivity index (χ1n) is 7.96. The van der Waals surface area contributed by atoms with E-state index in [1.165, 1.54) is 0 Å². The predicted molar refractivity (Wildman–Crippen MR) is 107 cm³/mol. The van der Waals surface area contributed by atoms with E-state index >= 15 is 0 Å². The van der Waals surface area contributed by atoms with E-state index in [0.717, 1.165) is 0 Å². The summed E-state index contributed by atoms with van der Waals surface area (Å²) >= 11 is 24.5. The highest BCUT2D eigenvalue weighted by Crippen LogP contribution is 2.40. The fourth-order valence-electron chi connectivity index (χ4n) is 3.06. The van der Waals surface area contributed by atoms with Gasteiger partial charge in [0.2, 0.25) is 5.91 Å². The molecule has 0 aromatic heterocycles. The van der Waals surface area contributed by atoms with Crippen LogP contribution in [0.15, 0.2) is 30.3 Å². The molecule has 2 aromatic rings. The summed E-state index contributed by atoms with van der Waals surface area (Å²) in [6.45, 7) is 0. The number of aliphatic carboxylic acids is 1. The molecule has 0 radical (unpaired) electrons. The van der Waals surface area contributed by atoms with Crippen molar-refractivity contribution in [1.29, 1.82) is 0 Å². The molecule has 3 rings (SSSR count). The number of halogens is 4. The van der Waals surface area contributed by atoms with Gasteiger partial charge in [0.15, 0.2) is 0 Å². The number of benzene rings is 2. The van der Waals surface area contributed by atoms with Crippen LogP contribution in [-0.2, 0) is 16.0 Å². The van der Waals surface area contributed by atoms with E-state index in [-0.39, 0.29) is 18.7 Å². The molecule has 0 saturated carbocycles. The molecule has 1 heterocycles.